The summed E-state index contributed by atoms with van der Waals surface area (Å²) in [6.07, 6.45) is -3.22. The molecule has 0 bridgehead atoms. The zero-order chi connectivity index (χ0) is 9.19. The van der Waals surface area contributed by atoms with Gasteiger partial charge in [0.25, 0.3) is 0 Å². The third-order valence-electron chi connectivity index (χ3n) is 1.26. The minimum Gasteiger partial charge on any atom is -0.394 e. The average Bonchev–Trinajstić information content (AvgIpc) is 2.35. The molecule has 0 aliphatic rings. The molecule has 0 aromatic carbocycles. The van der Waals surface area contributed by atoms with Crippen LogP contribution in [0.4, 0.5) is 13.2 Å². The first-order chi connectivity index (χ1) is 5.54. The number of aromatic nitrogens is 2. The second kappa shape index (κ2) is 3.14. The summed E-state index contributed by atoms with van der Waals surface area (Å²) in [5.74, 6) is 0. The van der Waals surface area contributed by atoms with E-state index in [1.54, 1.807) is 0 Å². The third-order valence-corrected chi connectivity index (χ3v) is 1.26. The van der Waals surface area contributed by atoms with Crippen molar-refractivity contribution in [3.8, 4) is 0 Å². The number of nitrogens with zero attached hydrogens (tertiary/aromatic N) is 2. The first-order valence-corrected chi connectivity index (χ1v) is 3.25. The van der Waals surface area contributed by atoms with Gasteiger partial charge >= 0.3 is 6.18 Å². The Morgan fingerprint density at radius 1 is 1.50 bits per heavy atom. The van der Waals surface area contributed by atoms with Crippen LogP contribution in [0.1, 0.15) is 5.69 Å². The molecule has 0 fully saturated rings. The van der Waals surface area contributed by atoms with Gasteiger partial charge in [-0.1, -0.05) is 0 Å². The summed E-state index contributed by atoms with van der Waals surface area (Å²) in [6.45, 7) is -0.144. The summed E-state index contributed by atoms with van der Waals surface area (Å²) < 4.78 is 36.8. The summed E-state index contributed by atoms with van der Waals surface area (Å²) in [6, 6.07) is 0.871. The highest BCUT2D eigenvalue weighted by atomic mass is 19.4. The molecule has 1 rings (SSSR count). The lowest BCUT2D eigenvalue weighted by atomic mass is 10.4. The molecule has 6 heteroatoms. The number of rotatable bonds is 2. The first-order valence-electron chi connectivity index (χ1n) is 3.25. The van der Waals surface area contributed by atoms with Crippen LogP contribution in [0.15, 0.2) is 12.3 Å². The summed E-state index contributed by atoms with van der Waals surface area (Å²) in [5.41, 5.74) is -0.934. The Balaban J connectivity index is 2.77. The maximum absolute atomic E-state index is 11.9. The van der Waals surface area contributed by atoms with E-state index in [4.69, 9.17) is 5.11 Å². The van der Waals surface area contributed by atoms with Crippen molar-refractivity contribution in [3.63, 3.8) is 0 Å². The van der Waals surface area contributed by atoms with Gasteiger partial charge in [0.05, 0.1) is 13.2 Å². The molecule has 0 radical (unpaired) electrons. The average molecular weight is 180 g/mol. The van der Waals surface area contributed by atoms with E-state index in [0.29, 0.717) is 0 Å². The van der Waals surface area contributed by atoms with E-state index < -0.39 is 11.9 Å². The fraction of sp³-hybridized carbons (Fsp3) is 0.500. The summed E-state index contributed by atoms with van der Waals surface area (Å²) in [4.78, 5) is 0. The molecule has 0 unspecified atom stereocenters. The second-order valence-corrected chi connectivity index (χ2v) is 2.19. The van der Waals surface area contributed by atoms with Gasteiger partial charge in [-0.15, -0.1) is 0 Å². The Bertz CT molecular complexity index is 256. The van der Waals surface area contributed by atoms with Gasteiger partial charge in [0.1, 0.15) is 0 Å². The van der Waals surface area contributed by atoms with Crippen LogP contribution in [0.2, 0.25) is 0 Å². The van der Waals surface area contributed by atoms with Gasteiger partial charge in [-0.2, -0.15) is 18.3 Å². The van der Waals surface area contributed by atoms with Gasteiger partial charge in [0.2, 0.25) is 0 Å². The molecular formula is C6H7F3N2O. The van der Waals surface area contributed by atoms with E-state index in [-0.39, 0.29) is 13.2 Å². The number of aliphatic hydroxyl groups excluding tert-OH is 1. The van der Waals surface area contributed by atoms with E-state index in [0.717, 1.165) is 10.7 Å². The molecule has 0 spiro atoms. The maximum Gasteiger partial charge on any atom is 0.435 e. The van der Waals surface area contributed by atoms with Crippen LogP contribution < -0.4 is 0 Å². The van der Waals surface area contributed by atoms with Crippen LogP contribution >= 0.6 is 0 Å². The van der Waals surface area contributed by atoms with Crippen molar-refractivity contribution in [2.45, 2.75) is 12.7 Å². The van der Waals surface area contributed by atoms with Crippen molar-refractivity contribution in [2.75, 3.05) is 6.61 Å². The zero-order valence-corrected chi connectivity index (χ0v) is 6.04. The fourth-order valence-corrected chi connectivity index (χ4v) is 0.740. The maximum atomic E-state index is 11.9. The van der Waals surface area contributed by atoms with Gasteiger partial charge in [-0.25, -0.2) is 0 Å². The molecule has 0 amide bonds. The standard InChI is InChI=1S/C6H7F3N2O/c7-6(8,9)5-1-2-11(10-5)3-4-12/h1-2,12H,3-4H2. The van der Waals surface area contributed by atoms with Crippen LogP contribution in [0.25, 0.3) is 0 Å². The van der Waals surface area contributed by atoms with Gasteiger partial charge in [-0.05, 0) is 6.07 Å². The number of aliphatic hydroxyl groups is 1. The molecule has 0 atom stereocenters. The molecule has 68 valence electrons. The van der Waals surface area contributed by atoms with Crippen molar-refractivity contribution < 1.29 is 18.3 Å². The summed E-state index contributed by atoms with van der Waals surface area (Å²) in [7, 11) is 0. The smallest absolute Gasteiger partial charge is 0.394 e. The minimum absolute atomic E-state index is 0.0794. The summed E-state index contributed by atoms with van der Waals surface area (Å²) >= 11 is 0. The van der Waals surface area contributed by atoms with Crippen LogP contribution in [0, 0.1) is 0 Å². The van der Waals surface area contributed by atoms with E-state index in [9.17, 15) is 13.2 Å². The van der Waals surface area contributed by atoms with Crippen molar-refractivity contribution in [1.82, 2.24) is 9.78 Å². The van der Waals surface area contributed by atoms with Crippen molar-refractivity contribution in [2.24, 2.45) is 0 Å². The highest BCUT2D eigenvalue weighted by molar-refractivity contribution is 5.02. The quantitative estimate of drug-likeness (QED) is 0.734. The molecular weight excluding hydrogens is 173 g/mol. The van der Waals surface area contributed by atoms with Gasteiger partial charge < -0.3 is 5.11 Å². The molecule has 1 N–H and O–H groups in total. The lowest BCUT2D eigenvalue weighted by Gasteiger charge is -2.00. The Kier molecular flexibility index (Phi) is 2.37. The molecule has 0 aliphatic heterocycles. The normalized spacial score (nSPS) is 12.0. The second-order valence-electron chi connectivity index (χ2n) is 2.19. The monoisotopic (exact) mass is 180 g/mol. The number of halogens is 3. The third kappa shape index (κ3) is 1.97. The fourth-order valence-electron chi connectivity index (χ4n) is 0.740. The van der Waals surface area contributed by atoms with E-state index in [2.05, 4.69) is 5.10 Å². The van der Waals surface area contributed by atoms with Gasteiger partial charge in [-0.3, -0.25) is 4.68 Å². The van der Waals surface area contributed by atoms with E-state index >= 15 is 0 Å². The van der Waals surface area contributed by atoms with E-state index in [1.807, 2.05) is 0 Å². The lowest BCUT2D eigenvalue weighted by molar-refractivity contribution is -0.141. The topological polar surface area (TPSA) is 38.0 Å². The number of alkyl halides is 3. The van der Waals surface area contributed by atoms with Gasteiger partial charge in [0, 0.05) is 6.20 Å². The molecule has 3 nitrogen and oxygen atoms in total. The largest absolute Gasteiger partial charge is 0.435 e. The van der Waals surface area contributed by atoms with E-state index in [1.165, 1.54) is 6.20 Å². The Morgan fingerprint density at radius 2 is 2.17 bits per heavy atom. The Morgan fingerprint density at radius 3 is 2.58 bits per heavy atom. The lowest BCUT2D eigenvalue weighted by Crippen LogP contribution is -2.09. The van der Waals surface area contributed by atoms with Crippen LogP contribution in [-0.2, 0) is 12.7 Å². The van der Waals surface area contributed by atoms with Crippen LogP contribution in [0.5, 0.6) is 0 Å². The molecule has 0 aliphatic carbocycles. The van der Waals surface area contributed by atoms with Crippen molar-refractivity contribution >= 4 is 0 Å². The first kappa shape index (κ1) is 9.05. The van der Waals surface area contributed by atoms with Gasteiger partial charge in [0.15, 0.2) is 5.69 Å². The zero-order valence-electron chi connectivity index (χ0n) is 6.04. The van der Waals surface area contributed by atoms with Crippen molar-refractivity contribution in [1.29, 1.82) is 0 Å². The molecule has 1 aromatic rings. The van der Waals surface area contributed by atoms with Crippen LogP contribution in [-0.4, -0.2) is 21.5 Å². The number of hydrogen-bond acceptors (Lipinski definition) is 2. The highest BCUT2D eigenvalue weighted by Gasteiger charge is 2.33. The molecule has 1 heterocycles. The van der Waals surface area contributed by atoms with Crippen LogP contribution in [0.3, 0.4) is 0 Å². The molecule has 0 saturated carbocycles. The molecule has 0 saturated heterocycles. The summed E-state index contributed by atoms with van der Waals surface area (Å²) in [5, 5.41) is 11.6. The SMILES string of the molecule is OCCn1ccc(C(F)(F)F)n1. The minimum atomic E-state index is -4.40. The highest BCUT2D eigenvalue weighted by Crippen LogP contribution is 2.26. The molecule has 12 heavy (non-hydrogen) atoms. The van der Waals surface area contributed by atoms with Crippen molar-refractivity contribution in [3.05, 3.63) is 18.0 Å². The predicted octanol–water partition coefficient (Wildman–Crippen LogP) is 0.894. The Hall–Kier alpha value is -1.04. The Labute approximate surface area is 66.4 Å². The number of hydrogen-bond donors (Lipinski definition) is 1. The molecule has 1 aromatic heterocycles. The predicted molar refractivity (Wildman–Crippen MR) is 34.3 cm³/mol.